The molecule has 3 nitrogen and oxygen atoms in total. The fraction of sp³-hybridized carbons (Fsp3) is 0.667. The molecular weight excluding hydrogens is 182 g/mol. The molecular formula is C9H17N3S. The zero-order chi connectivity index (χ0) is 9.68. The quantitative estimate of drug-likeness (QED) is 0.732. The number of aromatic nitrogens is 2. The van der Waals surface area contributed by atoms with E-state index < -0.39 is 0 Å². The molecule has 0 spiro atoms. The van der Waals surface area contributed by atoms with Gasteiger partial charge in [0.15, 0.2) is 0 Å². The lowest BCUT2D eigenvalue weighted by Crippen LogP contribution is -2.17. The minimum Gasteiger partial charge on any atom is -0.337 e. The van der Waals surface area contributed by atoms with Crippen LogP contribution in [0.1, 0.15) is 25.2 Å². The normalized spacial score (nSPS) is 13.2. The van der Waals surface area contributed by atoms with Crippen molar-refractivity contribution >= 4 is 11.8 Å². The van der Waals surface area contributed by atoms with E-state index in [1.54, 1.807) is 6.20 Å². The van der Waals surface area contributed by atoms with Gasteiger partial charge in [-0.3, -0.25) is 0 Å². The molecule has 1 rings (SSSR count). The highest BCUT2D eigenvalue weighted by molar-refractivity contribution is 7.99. The van der Waals surface area contributed by atoms with Gasteiger partial charge in [0.25, 0.3) is 0 Å². The molecule has 1 unspecified atom stereocenters. The summed E-state index contributed by atoms with van der Waals surface area (Å²) >= 11 is 1.89. The van der Waals surface area contributed by atoms with Gasteiger partial charge >= 0.3 is 0 Å². The Balaban J connectivity index is 2.39. The van der Waals surface area contributed by atoms with Gasteiger partial charge in [0.2, 0.25) is 0 Å². The third kappa shape index (κ3) is 3.04. The summed E-state index contributed by atoms with van der Waals surface area (Å²) in [5.74, 6) is 3.11. The number of thioether (sulfide) groups is 1. The summed E-state index contributed by atoms with van der Waals surface area (Å²) in [6, 6.07) is 0.0662. The van der Waals surface area contributed by atoms with Crippen LogP contribution in [-0.4, -0.2) is 21.1 Å². The molecule has 0 aliphatic rings. The topological polar surface area (TPSA) is 43.8 Å². The number of rotatable bonds is 5. The van der Waals surface area contributed by atoms with Crippen molar-refractivity contribution in [3.63, 3.8) is 0 Å². The van der Waals surface area contributed by atoms with E-state index in [1.807, 2.05) is 29.6 Å². The summed E-state index contributed by atoms with van der Waals surface area (Å²) in [6.07, 6.45) is 4.93. The number of nitrogens with two attached hydrogens (primary N) is 1. The van der Waals surface area contributed by atoms with E-state index in [2.05, 4.69) is 11.9 Å². The van der Waals surface area contributed by atoms with Gasteiger partial charge in [-0.1, -0.05) is 6.92 Å². The van der Waals surface area contributed by atoms with Crippen LogP contribution in [0.2, 0.25) is 0 Å². The largest absolute Gasteiger partial charge is 0.337 e. The van der Waals surface area contributed by atoms with Crippen LogP contribution in [0.25, 0.3) is 0 Å². The van der Waals surface area contributed by atoms with Crippen LogP contribution in [0, 0.1) is 0 Å². The van der Waals surface area contributed by atoms with Gasteiger partial charge in [0.1, 0.15) is 5.82 Å². The van der Waals surface area contributed by atoms with E-state index >= 15 is 0 Å². The lowest BCUT2D eigenvalue weighted by Gasteiger charge is -2.10. The van der Waals surface area contributed by atoms with Crippen molar-refractivity contribution in [2.24, 2.45) is 12.8 Å². The van der Waals surface area contributed by atoms with Crippen LogP contribution in [-0.2, 0) is 7.05 Å². The van der Waals surface area contributed by atoms with Crippen LogP contribution < -0.4 is 5.73 Å². The molecule has 74 valence electrons. The van der Waals surface area contributed by atoms with Crippen molar-refractivity contribution < 1.29 is 0 Å². The first kappa shape index (κ1) is 10.6. The van der Waals surface area contributed by atoms with Gasteiger partial charge in [-0.15, -0.1) is 0 Å². The summed E-state index contributed by atoms with van der Waals surface area (Å²) in [4.78, 5) is 4.22. The van der Waals surface area contributed by atoms with E-state index in [-0.39, 0.29) is 6.04 Å². The Kier molecular flexibility index (Phi) is 4.32. The Morgan fingerprint density at radius 3 is 3.00 bits per heavy atom. The summed E-state index contributed by atoms with van der Waals surface area (Å²) in [6.45, 7) is 2.18. The van der Waals surface area contributed by atoms with E-state index in [0.717, 1.165) is 11.6 Å². The highest BCUT2D eigenvalue weighted by Gasteiger charge is 2.09. The molecule has 4 heteroatoms. The summed E-state index contributed by atoms with van der Waals surface area (Å²) in [5.41, 5.74) is 5.98. The van der Waals surface area contributed by atoms with Crippen LogP contribution in [0.3, 0.4) is 0 Å². The lowest BCUT2D eigenvalue weighted by molar-refractivity contribution is 0.694. The molecule has 0 fully saturated rings. The number of nitrogens with zero attached hydrogens (tertiary/aromatic N) is 2. The average molecular weight is 199 g/mol. The zero-order valence-electron chi connectivity index (χ0n) is 8.23. The number of imidazole rings is 1. The summed E-state index contributed by atoms with van der Waals surface area (Å²) < 4.78 is 1.98. The first-order chi connectivity index (χ1) is 6.25. The van der Waals surface area contributed by atoms with E-state index in [0.29, 0.717) is 0 Å². The van der Waals surface area contributed by atoms with E-state index in [4.69, 9.17) is 5.73 Å². The molecule has 0 aliphatic heterocycles. The maximum Gasteiger partial charge on any atom is 0.126 e. The Hall–Kier alpha value is -0.480. The molecule has 0 radical (unpaired) electrons. The van der Waals surface area contributed by atoms with Crippen molar-refractivity contribution in [1.82, 2.24) is 9.55 Å². The zero-order valence-corrected chi connectivity index (χ0v) is 9.05. The van der Waals surface area contributed by atoms with E-state index in [9.17, 15) is 0 Å². The maximum absolute atomic E-state index is 5.98. The van der Waals surface area contributed by atoms with Crippen LogP contribution in [0.5, 0.6) is 0 Å². The number of hydrogen-bond acceptors (Lipinski definition) is 3. The fourth-order valence-corrected chi connectivity index (χ4v) is 2.02. The molecule has 0 bridgehead atoms. The highest BCUT2D eigenvalue weighted by Crippen LogP contribution is 2.14. The lowest BCUT2D eigenvalue weighted by atomic mass is 10.3. The Morgan fingerprint density at radius 1 is 1.69 bits per heavy atom. The highest BCUT2D eigenvalue weighted by atomic mass is 32.2. The van der Waals surface area contributed by atoms with Crippen molar-refractivity contribution in [2.75, 3.05) is 11.5 Å². The third-order valence-electron chi connectivity index (χ3n) is 1.84. The molecule has 1 heterocycles. The monoisotopic (exact) mass is 199 g/mol. The van der Waals surface area contributed by atoms with Gasteiger partial charge in [-0.2, -0.15) is 11.8 Å². The van der Waals surface area contributed by atoms with Gasteiger partial charge in [0.05, 0.1) is 6.04 Å². The molecule has 1 atom stereocenters. The second kappa shape index (κ2) is 5.29. The molecule has 1 aromatic rings. The second-order valence-corrected chi connectivity index (χ2v) is 4.23. The number of hydrogen-bond donors (Lipinski definition) is 1. The molecule has 0 aliphatic carbocycles. The van der Waals surface area contributed by atoms with Gasteiger partial charge in [-0.05, 0) is 12.2 Å². The van der Waals surface area contributed by atoms with Crippen LogP contribution in [0.15, 0.2) is 12.4 Å². The molecule has 0 saturated heterocycles. The predicted octanol–water partition coefficient (Wildman–Crippen LogP) is 1.56. The van der Waals surface area contributed by atoms with Crippen LogP contribution >= 0.6 is 11.8 Å². The molecule has 1 aromatic heterocycles. The first-order valence-electron chi connectivity index (χ1n) is 4.56. The minimum atomic E-state index is 0.0662. The molecule has 0 aromatic carbocycles. The number of aryl methyl sites for hydroxylation is 1. The molecule has 2 N–H and O–H groups in total. The van der Waals surface area contributed by atoms with Gasteiger partial charge < -0.3 is 10.3 Å². The summed E-state index contributed by atoms with van der Waals surface area (Å²) in [5, 5.41) is 0. The first-order valence-corrected chi connectivity index (χ1v) is 5.71. The summed E-state index contributed by atoms with van der Waals surface area (Å²) in [7, 11) is 1.98. The second-order valence-electron chi connectivity index (χ2n) is 3.08. The van der Waals surface area contributed by atoms with E-state index in [1.165, 1.54) is 12.2 Å². The molecule has 0 saturated carbocycles. The van der Waals surface area contributed by atoms with Gasteiger partial charge in [-0.25, -0.2) is 4.98 Å². The average Bonchev–Trinajstić information content (AvgIpc) is 2.52. The Morgan fingerprint density at radius 2 is 2.46 bits per heavy atom. The maximum atomic E-state index is 5.98. The van der Waals surface area contributed by atoms with Gasteiger partial charge in [0, 0.05) is 25.2 Å². The smallest absolute Gasteiger partial charge is 0.126 e. The molecule has 0 amide bonds. The SMILES string of the molecule is CCCSCC(N)c1nccn1C. The fourth-order valence-electron chi connectivity index (χ4n) is 1.16. The standard InChI is InChI=1S/C9H17N3S/c1-3-6-13-7-8(10)9-11-4-5-12(9)2/h4-5,8H,3,6-7,10H2,1-2H3. The van der Waals surface area contributed by atoms with Crippen molar-refractivity contribution in [2.45, 2.75) is 19.4 Å². The Labute approximate surface area is 83.7 Å². The predicted molar refractivity (Wildman–Crippen MR) is 57.8 cm³/mol. The van der Waals surface area contributed by atoms with Crippen molar-refractivity contribution in [3.05, 3.63) is 18.2 Å². The van der Waals surface area contributed by atoms with Crippen molar-refractivity contribution in [3.8, 4) is 0 Å². The third-order valence-corrected chi connectivity index (χ3v) is 3.13. The Bertz CT molecular complexity index is 247. The molecule has 13 heavy (non-hydrogen) atoms. The van der Waals surface area contributed by atoms with Crippen molar-refractivity contribution in [1.29, 1.82) is 0 Å². The minimum absolute atomic E-state index is 0.0662. The van der Waals surface area contributed by atoms with Crippen LogP contribution in [0.4, 0.5) is 0 Å².